The predicted molar refractivity (Wildman–Crippen MR) is 89.5 cm³/mol. The first kappa shape index (κ1) is 17.1. The van der Waals surface area contributed by atoms with Crippen molar-refractivity contribution < 1.29 is 22.4 Å². The first-order valence-corrected chi connectivity index (χ1v) is 8.12. The molecule has 0 saturated carbocycles. The quantitative estimate of drug-likeness (QED) is 0.418. The lowest BCUT2D eigenvalue weighted by atomic mass is 10.00. The second-order valence-corrected chi connectivity index (χ2v) is 6.14. The maximum absolute atomic E-state index is 14.8. The summed E-state index contributed by atoms with van der Waals surface area (Å²) in [5, 5.41) is 11.4. The lowest BCUT2D eigenvalue weighted by Gasteiger charge is -2.19. The van der Waals surface area contributed by atoms with E-state index in [0.717, 1.165) is 12.1 Å². The largest absolute Gasteiger partial charge is 0.371 e. The summed E-state index contributed by atoms with van der Waals surface area (Å²) >= 11 is 0. The van der Waals surface area contributed by atoms with Crippen molar-refractivity contribution in [2.24, 2.45) is 0 Å². The van der Waals surface area contributed by atoms with Gasteiger partial charge in [-0.15, -0.1) is 0 Å². The predicted octanol–water partition coefficient (Wildman–Crippen LogP) is 4.12. The van der Waals surface area contributed by atoms with Gasteiger partial charge in [0.2, 0.25) is 0 Å². The Bertz CT molecular complexity index is 1140. The molecule has 0 atom stereocenters. The Kier molecular flexibility index (Phi) is 3.88. The molecule has 27 heavy (non-hydrogen) atoms. The van der Waals surface area contributed by atoms with Crippen molar-refractivity contribution in [3.63, 3.8) is 0 Å². The molecule has 1 aliphatic rings. The molecule has 0 spiro atoms. The average Bonchev–Trinajstić information content (AvgIpc) is 3.02. The number of nitrogens with zero attached hydrogens (tertiary/aromatic N) is 2. The molecule has 2 aromatic carbocycles. The van der Waals surface area contributed by atoms with Crippen molar-refractivity contribution in [1.82, 2.24) is 4.57 Å². The number of nitrogens with one attached hydrogen (secondary N) is 1. The Morgan fingerprint density at radius 1 is 1.07 bits per heavy atom. The van der Waals surface area contributed by atoms with Crippen LogP contribution >= 0.6 is 0 Å². The third-order valence-electron chi connectivity index (χ3n) is 4.62. The van der Waals surface area contributed by atoms with Gasteiger partial charge in [0.25, 0.3) is 0 Å². The Hall–Kier alpha value is -3.34. The molecular weight excluding hydrogens is 362 g/mol. The molecule has 0 saturated heterocycles. The molecular formula is C19H11F4N3O. The first-order valence-electron chi connectivity index (χ1n) is 8.12. The SMILES string of the molecule is N#Cc1c(F)c(F)c2c(C(=O)c3ccc(F)cc3)c3n(c2c1F)CCCN3. The Morgan fingerprint density at radius 2 is 1.78 bits per heavy atom. The van der Waals surface area contributed by atoms with Crippen LogP contribution in [-0.2, 0) is 6.54 Å². The number of hydrogen-bond acceptors (Lipinski definition) is 3. The molecule has 1 N–H and O–H groups in total. The summed E-state index contributed by atoms with van der Waals surface area (Å²) in [6.07, 6.45) is 0.571. The second kappa shape index (κ2) is 6.13. The molecule has 136 valence electrons. The van der Waals surface area contributed by atoms with Crippen molar-refractivity contribution in [2.75, 3.05) is 11.9 Å². The molecule has 0 unspecified atom stereocenters. The van der Waals surface area contributed by atoms with Crippen LogP contribution in [0.4, 0.5) is 23.4 Å². The smallest absolute Gasteiger partial charge is 0.197 e. The van der Waals surface area contributed by atoms with Crippen LogP contribution < -0.4 is 5.32 Å². The van der Waals surface area contributed by atoms with Crippen LogP contribution in [0.5, 0.6) is 0 Å². The summed E-state index contributed by atoms with van der Waals surface area (Å²) in [6.45, 7) is 0.721. The number of anilines is 1. The minimum Gasteiger partial charge on any atom is -0.371 e. The van der Waals surface area contributed by atoms with E-state index in [1.165, 1.54) is 22.8 Å². The zero-order chi connectivity index (χ0) is 19.3. The first-order chi connectivity index (χ1) is 13.0. The van der Waals surface area contributed by atoms with E-state index < -0.39 is 40.0 Å². The number of halogens is 4. The Labute approximate surface area is 150 Å². The molecule has 2 heterocycles. The number of benzene rings is 2. The summed E-state index contributed by atoms with van der Waals surface area (Å²) < 4.78 is 58.3. The van der Waals surface area contributed by atoms with Crippen molar-refractivity contribution in [1.29, 1.82) is 5.26 Å². The summed E-state index contributed by atoms with van der Waals surface area (Å²) in [7, 11) is 0. The van der Waals surface area contributed by atoms with Gasteiger partial charge in [-0.05, 0) is 30.7 Å². The fraction of sp³-hybridized carbons (Fsp3) is 0.158. The highest BCUT2D eigenvalue weighted by Gasteiger charge is 2.33. The third-order valence-corrected chi connectivity index (χ3v) is 4.62. The Balaban J connectivity index is 2.10. The number of rotatable bonds is 2. The van der Waals surface area contributed by atoms with E-state index in [4.69, 9.17) is 5.26 Å². The highest BCUT2D eigenvalue weighted by atomic mass is 19.2. The van der Waals surface area contributed by atoms with Gasteiger partial charge in [-0.2, -0.15) is 5.26 Å². The van der Waals surface area contributed by atoms with E-state index in [1.807, 2.05) is 0 Å². The topological polar surface area (TPSA) is 57.8 Å². The van der Waals surface area contributed by atoms with Gasteiger partial charge in [0.05, 0.1) is 16.5 Å². The molecule has 0 bridgehead atoms. The van der Waals surface area contributed by atoms with Crippen LogP contribution in [0.3, 0.4) is 0 Å². The number of ketones is 1. The monoisotopic (exact) mass is 373 g/mol. The minimum atomic E-state index is -1.64. The molecule has 0 aliphatic carbocycles. The minimum absolute atomic E-state index is 0.0450. The standard InChI is InChI=1S/C19H11F4N3O/c20-10-4-2-9(3-5-10)18(27)13-12-16(23)14(21)11(8-24)15(22)17(12)26-7-1-6-25-19(13)26/h2-5,25H,1,6-7H2. The van der Waals surface area contributed by atoms with Crippen molar-refractivity contribution in [3.05, 3.63) is 64.2 Å². The normalized spacial score (nSPS) is 13.1. The highest BCUT2D eigenvalue weighted by Crippen LogP contribution is 2.39. The number of nitriles is 1. The number of hydrogen-bond donors (Lipinski definition) is 1. The molecule has 0 radical (unpaired) electrons. The van der Waals surface area contributed by atoms with Gasteiger partial charge < -0.3 is 9.88 Å². The molecule has 4 rings (SSSR count). The van der Waals surface area contributed by atoms with Gasteiger partial charge >= 0.3 is 0 Å². The molecule has 0 fully saturated rings. The van der Waals surface area contributed by atoms with Crippen LogP contribution in [0.2, 0.25) is 0 Å². The molecule has 8 heteroatoms. The number of aryl methyl sites for hydroxylation is 1. The number of carbonyl (C=O) groups excluding carboxylic acids is 1. The summed E-state index contributed by atoms with van der Waals surface area (Å²) in [4.78, 5) is 13.0. The van der Waals surface area contributed by atoms with Crippen molar-refractivity contribution in [3.8, 4) is 6.07 Å². The zero-order valence-corrected chi connectivity index (χ0v) is 13.7. The lowest BCUT2D eigenvalue weighted by Crippen LogP contribution is -2.19. The van der Waals surface area contributed by atoms with E-state index in [1.54, 1.807) is 0 Å². The van der Waals surface area contributed by atoms with Crippen LogP contribution in [0.25, 0.3) is 10.9 Å². The van der Waals surface area contributed by atoms with Crippen molar-refractivity contribution >= 4 is 22.5 Å². The van der Waals surface area contributed by atoms with Gasteiger partial charge in [0.15, 0.2) is 23.2 Å². The summed E-state index contributed by atoms with van der Waals surface area (Å²) in [5.41, 5.74) is -1.57. The molecule has 3 aromatic rings. The molecule has 1 aromatic heterocycles. The van der Waals surface area contributed by atoms with Crippen LogP contribution in [0.1, 0.15) is 27.9 Å². The van der Waals surface area contributed by atoms with E-state index in [-0.39, 0.29) is 29.0 Å². The summed E-state index contributed by atoms with van der Waals surface area (Å²) in [6, 6.07) is 5.89. The lowest BCUT2D eigenvalue weighted by molar-refractivity contribution is 0.104. The van der Waals surface area contributed by atoms with E-state index in [9.17, 15) is 22.4 Å². The molecule has 0 amide bonds. The van der Waals surface area contributed by atoms with Gasteiger partial charge in [-0.3, -0.25) is 4.79 Å². The number of fused-ring (bicyclic) bond motifs is 3. The van der Waals surface area contributed by atoms with Crippen LogP contribution in [-0.4, -0.2) is 16.9 Å². The third kappa shape index (κ3) is 2.39. The van der Waals surface area contributed by atoms with Crippen LogP contribution in [0.15, 0.2) is 24.3 Å². The van der Waals surface area contributed by atoms with Crippen molar-refractivity contribution in [2.45, 2.75) is 13.0 Å². The van der Waals surface area contributed by atoms with E-state index >= 15 is 0 Å². The maximum atomic E-state index is 14.8. The number of aromatic nitrogens is 1. The second-order valence-electron chi connectivity index (χ2n) is 6.14. The molecule has 1 aliphatic heterocycles. The average molecular weight is 373 g/mol. The van der Waals surface area contributed by atoms with E-state index in [0.29, 0.717) is 13.0 Å². The van der Waals surface area contributed by atoms with Gasteiger partial charge in [-0.1, -0.05) is 0 Å². The van der Waals surface area contributed by atoms with Crippen LogP contribution in [0, 0.1) is 34.6 Å². The summed E-state index contributed by atoms with van der Waals surface area (Å²) in [5.74, 6) is -5.43. The van der Waals surface area contributed by atoms with Gasteiger partial charge in [0, 0.05) is 18.7 Å². The fourth-order valence-corrected chi connectivity index (χ4v) is 3.41. The van der Waals surface area contributed by atoms with E-state index in [2.05, 4.69) is 5.32 Å². The van der Waals surface area contributed by atoms with Gasteiger partial charge in [-0.25, -0.2) is 17.6 Å². The fourth-order valence-electron chi connectivity index (χ4n) is 3.41. The zero-order valence-electron chi connectivity index (χ0n) is 13.7. The highest BCUT2D eigenvalue weighted by molar-refractivity contribution is 6.20. The maximum Gasteiger partial charge on any atom is 0.197 e. The van der Waals surface area contributed by atoms with Gasteiger partial charge in [0.1, 0.15) is 23.3 Å². The number of carbonyl (C=O) groups is 1. The Morgan fingerprint density at radius 3 is 2.44 bits per heavy atom. The molecule has 4 nitrogen and oxygen atoms in total.